The Morgan fingerprint density at radius 2 is 2.31 bits per heavy atom. The van der Waals surface area contributed by atoms with Crippen LogP contribution in [-0.4, -0.2) is 32.4 Å². The van der Waals surface area contributed by atoms with Crippen LogP contribution in [0.15, 0.2) is 12.4 Å². The average Bonchev–Trinajstić information content (AvgIpc) is 2.80. The number of rotatable bonds is 4. The zero-order valence-electron chi connectivity index (χ0n) is 8.63. The predicted octanol–water partition coefficient (Wildman–Crippen LogP) is 1.69. The van der Waals surface area contributed by atoms with Gasteiger partial charge in [-0.3, -0.25) is 10.1 Å². The molecule has 1 aliphatic heterocycles. The molecule has 16 heavy (non-hydrogen) atoms. The molecule has 2 heterocycles. The minimum absolute atomic E-state index is 0.0826. The van der Waals surface area contributed by atoms with Crippen LogP contribution in [0.5, 0.6) is 0 Å². The Bertz CT molecular complexity index is 364. The Balaban J connectivity index is 1.87. The zero-order valence-corrected chi connectivity index (χ0v) is 9.44. The fraction of sp³-hybridized carbons (Fsp3) is 0.556. The first kappa shape index (κ1) is 11.1. The van der Waals surface area contributed by atoms with E-state index in [2.05, 4.69) is 15.3 Å². The number of hydrogen-bond donors (Lipinski definition) is 1. The van der Waals surface area contributed by atoms with E-state index >= 15 is 0 Å². The summed E-state index contributed by atoms with van der Waals surface area (Å²) in [5.41, 5.74) is -0.0826. The normalized spacial score (nSPS) is 19.6. The molecule has 0 saturated carbocycles. The number of hydrogen-bond acceptors (Lipinski definition) is 6. The molecule has 1 aliphatic rings. The van der Waals surface area contributed by atoms with Crippen LogP contribution in [0.1, 0.15) is 12.8 Å². The monoisotopic (exact) mass is 240 g/mol. The first-order valence-electron chi connectivity index (χ1n) is 5.07. The van der Waals surface area contributed by atoms with Crippen LogP contribution >= 0.6 is 11.8 Å². The molecule has 1 atom stereocenters. The summed E-state index contributed by atoms with van der Waals surface area (Å²) in [4.78, 5) is 17.7. The maximum Gasteiger partial charge on any atom is 0.305 e. The van der Waals surface area contributed by atoms with E-state index in [1.54, 1.807) is 0 Å². The Morgan fingerprint density at radius 1 is 1.56 bits per heavy atom. The maximum atomic E-state index is 10.4. The number of nitro groups is 1. The summed E-state index contributed by atoms with van der Waals surface area (Å²) in [6.07, 6.45) is 4.91. The SMILES string of the molecule is O=[N+]([O-])c1cnc(NCC2CCCS2)nc1. The molecule has 86 valence electrons. The second-order valence-corrected chi connectivity index (χ2v) is 4.95. The van der Waals surface area contributed by atoms with Crippen LogP contribution in [0.4, 0.5) is 11.6 Å². The van der Waals surface area contributed by atoms with Gasteiger partial charge in [0.2, 0.25) is 5.95 Å². The van der Waals surface area contributed by atoms with Gasteiger partial charge in [0, 0.05) is 11.8 Å². The van der Waals surface area contributed by atoms with Gasteiger partial charge in [-0.1, -0.05) is 0 Å². The summed E-state index contributed by atoms with van der Waals surface area (Å²) in [6, 6.07) is 0. The number of nitrogens with one attached hydrogen (secondary N) is 1. The van der Waals surface area contributed by atoms with Crippen molar-refractivity contribution in [1.82, 2.24) is 9.97 Å². The summed E-state index contributed by atoms with van der Waals surface area (Å²) < 4.78 is 0. The third-order valence-electron chi connectivity index (χ3n) is 2.36. The van der Waals surface area contributed by atoms with Crippen LogP contribution in [0.25, 0.3) is 0 Å². The molecule has 2 rings (SSSR count). The minimum atomic E-state index is -0.503. The van der Waals surface area contributed by atoms with Gasteiger partial charge in [0.1, 0.15) is 12.4 Å². The van der Waals surface area contributed by atoms with E-state index in [0.717, 1.165) is 6.54 Å². The lowest BCUT2D eigenvalue weighted by atomic mass is 10.2. The van der Waals surface area contributed by atoms with Gasteiger partial charge in [0.05, 0.1) is 4.92 Å². The van der Waals surface area contributed by atoms with Crippen molar-refractivity contribution in [2.24, 2.45) is 0 Å². The third-order valence-corrected chi connectivity index (χ3v) is 3.76. The van der Waals surface area contributed by atoms with Gasteiger partial charge in [0.15, 0.2) is 0 Å². The largest absolute Gasteiger partial charge is 0.353 e. The summed E-state index contributed by atoms with van der Waals surface area (Å²) in [6.45, 7) is 0.822. The summed E-state index contributed by atoms with van der Waals surface area (Å²) in [7, 11) is 0. The van der Waals surface area contributed by atoms with Crippen LogP contribution in [0.2, 0.25) is 0 Å². The average molecular weight is 240 g/mol. The van der Waals surface area contributed by atoms with Crippen molar-refractivity contribution in [3.63, 3.8) is 0 Å². The second-order valence-electron chi connectivity index (χ2n) is 3.54. The fourth-order valence-electron chi connectivity index (χ4n) is 1.52. The van der Waals surface area contributed by atoms with E-state index < -0.39 is 4.92 Å². The van der Waals surface area contributed by atoms with Crippen LogP contribution in [0.3, 0.4) is 0 Å². The van der Waals surface area contributed by atoms with Crippen molar-refractivity contribution in [3.8, 4) is 0 Å². The van der Waals surface area contributed by atoms with E-state index in [4.69, 9.17) is 0 Å². The van der Waals surface area contributed by atoms with Crippen LogP contribution < -0.4 is 5.32 Å². The highest BCUT2D eigenvalue weighted by molar-refractivity contribution is 8.00. The molecule has 1 fully saturated rings. The molecule has 1 saturated heterocycles. The molecular formula is C9H12N4O2S. The van der Waals surface area contributed by atoms with E-state index in [1.165, 1.54) is 31.0 Å². The summed E-state index contributed by atoms with van der Waals surface area (Å²) >= 11 is 1.94. The lowest BCUT2D eigenvalue weighted by Gasteiger charge is -2.09. The molecule has 6 nitrogen and oxygen atoms in total. The molecule has 0 amide bonds. The topological polar surface area (TPSA) is 81.0 Å². The van der Waals surface area contributed by atoms with Gasteiger partial charge in [-0.25, -0.2) is 9.97 Å². The highest BCUT2D eigenvalue weighted by Crippen LogP contribution is 2.25. The summed E-state index contributed by atoms with van der Waals surface area (Å²) in [5.74, 6) is 1.67. The molecule has 0 spiro atoms. The van der Waals surface area contributed by atoms with Crippen molar-refractivity contribution in [3.05, 3.63) is 22.5 Å². The number of aromatic nitrogens is 2. The van der Waals surface area contributed by atoms with E-state index in [0.29, 0.717) is 11.2 Å². The van der Waals surface area contributed by atoms with Crippen molar-refractivity contribution in [2.75, 3.05) is 17.6 Å². The molecule has 7 heteroatoms. The Morgan fingerprint density at radius 3 is 2.88 bits per heavy atom. The van der Waals surface area contributed by atoms with Crippen molar-refractivity contribution in [1.29, 1.82) is 0 Å². The zero-order chi connectivity index (χ0) is 11.4. The highest BCUT2D eigenvalue weighted by atomic mass is 32.2. The van der Waals surface area contributed by atoms with E-state index in [1.807, 2.05) is 11.8 Å². The summed E-state index contributed by atoms with van der Waals surface area (Å²) in [5, 5.41) is 14.1. The van der Waals surface area contributed by atoms with Crippen molar-refractivity contribution in [2.45, 2.75) is 18.1 Å². The lowest BCUT2D eigenvalue weighted by Crippen LogP contribution is -2.15. The molecule has 1 N–H and O–H groups in total. The van der Waals surface area contributed by atoms with Gasteiger partial charge in [0.25, 0.3) is 0 Å². The van der Waals surface area contributed by atoms with E-state index in [9.17, 15) is 10.1 Å². The molecule has 0 bridgehead atoms. The van der Waals surface area contributed by atoms with Crippen LogP contribution in [0, 0.1) is 10.1 Å². The molecule has 0 aromatic carbocycles. The number of nitrogens with zero attached hydrogens (tertiary/aromatic N) is 3. The van der Waals surface area contributed by atoms with Gasteiger partial charge in [-0.15, -0.1) is 0 Å². The van der Waals surface area contributed by atoms with Gasteiger partial charge in [-0.2, -0.15) is 11.8 Å². The van der Waals surface area contributed by atoms with Gasteiger partial charge < -0.3 is 5.32 Å². The number of thioether (sulfide) groups is 1. The molecule has 0 radical (unpaired) electrons. The highest BCUT2D eigenvalue weighted by Gasteiger charge is 2.15. The standard InChI is InChI=1S/C9H12N4O2S/c14-13(15)7-4-10-9(11-5-7)12-6-8-2-1-3-16-8/h4-5,8H,1-3,6H2,(H,10,11,12). The smallest absolute Gasteiger partial charge is 0.305 e. The molecule has 1 aromatic heterocycles. The number of anilines is 1. The Labute approximate surface area is 97.0 Å². The fourth-order valence-corrected chi connectivity index (χ4v) is 2.72. The van der Waals surface area contributed by atoms with Crippen molar-refractivity contribution < 1.29 is 4.92 Å². The first-order chi connectivity index (χ1) is 7.75. The maximum absolute atomic E-state index is 10.4. The van der Waals surface area contributed by atoms with Gasteiger partial charge in [-0.05, 0) is 18.6 Å². The van der Waals surface area contributed by atoms with Gasteiger partial charge >= 0.3 is 5.69 Å². The second kappa shape index (κ2) is 5.11. The van der Waals surface area contributed by atoms with E-state index in [-0.39, 0.29) is 5.69 Å². The predicted molar refractivity (Wildman–Crippen MR) is 62.7 cm³/mol. The third kappa shape index (κ3) is 2.82. The Hall–Kier alpha value is -1.37. The lowest BCUT2D eigenvalue weighted by molar-refractivity contribution is -0.385. The first-order valence-corrected chi connectivity index (χ1v) is 6.12. The Kier molecular flexibility index (Phi) is 3.55. The quantitative estimate of drug-likeness (QED) is 0.637. The van der Waals surface area contributed by atoms with Crippen LogP contribution in [-0.2, 0) is 0 Å². The minimum Gasteiger partial charge on any atom is -0.353 e. The molecule has 1 unspecified atom stereocenters. The molecule has 0 aliphatic carbocycles. The molecule has 1 aromatic rings. The van der Waals surface area contributed by atoms with Crippen molar-refractivity contribution >= 4 is 23.4 Å². The molecular weight excluding hydrogens is 228 g/mol.